The Bertz CT molecular complexity index is 374. The predicted octanol–water partition coefficient (Wildman–Crippen LogP) is 2.45. The monoisotopic (exact) mass is 233 g/mol. The zero-order valence-electron chi connectivity index (χ0n) is 10.8. The maximum absolute atomic E-state index is 10.1. The van der Waals surface area contributed by atoms with Gasteiger partial charge in [0.05, 0.1) is 6.10 Å². The molecule has 1 fully saturated rings. The van der Waals surface area contributed by atoms with Crippen LogP contribution in [0.1, 0.15) is 38.7 Å². The van der Waals surface area contributed by atoms with Gasteiger partial charge in [0.15, 0.2) is 0 Å². The topological polar surface area (TPSA) is 46.2 Å². The zero-order chi connectivity index (χ0) is 12.5. The Morgan fingerprint density at radius 3 is 2.41 bits per heavy atom. The molecular formula is C15H23NO. The lowest BCUT2D eigenvalue weighted by molar-refractivity contribution is 0.0204. The first kappa shape index (κ1) is 12.6. The minimum atomic E-state index is -0.234. The summed E-state index contributed by atoms with van der Waals surface area (Å²) in [6, 6.07) is 10.4. The van der Waals surface area contributed by atoms with Crippen LogP contribution in [0.3, 0.4) is 0 Å². The van der Waals surface area contributed by atoms with Gasteiger partial charge in [-0.25, -0.2) is 0 Å². The van der Waals surface area contributed by atoms with Crippen molar-refractivity contribution < 1.29 is 5.11 Å². The van der Waals surface area contributed by atoms with E-state index < -0.39 is 0 Å². The molecule has 2 nitrogen and oxygen atoms in total. The van der Waals surface area contributed by atoms with Crippen LogP contribution in [0.15, 0.2) is 30.3 Å². The predicted molar refractivity (Wildman–Crippen MR) is 70.8 cm³/mol. The zero-order valence-corrected chi connectivity index (χ0v) is 10.8. The van der Waals surface area contributed by atoms with Crippen LogP contribution < -0.4 is 5.73 Å². The van der Waals surface area contributed by atoms with Gasteiger partial charge in [0, 0.05) is 12.0 Å². The van der Waals surface area contributed by atoms with Gasteiger partial charge in [-0.2, -0.15) is 0 Å². The number of aliphatic hydroxyl groups is 1. The molecule has 17 heavy (non-hydrogen) atoms. The van der Waals surface area contributed by atoms with Crippen LogP contribution in [0.5, 0.6) is 0 Å². The summed E-state index contributed by atoms with van der Waals surface area (Å²) >= 11 is 0. The van der Waals surface area contributed by atoms with Crippen LogP contribution in [0.2, 0.25) is 0 Å². The Hall–Kier alpha value is -0.860. The number of rotatable bonds is 2. The van der Waals surface area contributed by atoms with Crippen LogP contribution in [0.4, 0.5) is 0 Å². The Balaban J connectivity index is 2.37. The summed E-state index contributed by atoms with van der Waals surface area (Å²) in [5.74, 6) is 0. The molecular weight excluding hydrogens is 210 g/mol. The lowest BCUT2D eigenvalue weighted by Gasteiger charge is -2.47. The molecule has 1 aromatic carbocycles. The van der Waals surface area contributed by atoms with Gasteiger partial charge < -0.3 is 10.8 Å². The van der Waals surface area contributed by atoms with E-state index in [1.54, 1.807) is 0 Å². The molecule has 1 aromatic rings. The number of nitrogens with two attached hydrogens (primary N) is 1. The third kappa shape index (κ3) is 2.53. The van der Waals surface area contributed by atoms with Gasteiger partial charge in [0.1, 0.15) is 0 Å². The van der Waals surface area contributed by atoms with Crippen LogP contribution in [-0.4, -0.2) is 17.8 Å². The van der Waals surface area contributed by atoms with Crippen molar-refractivity contribution in [2.75, 3.05) is 6.54 Å². The normalized spacial score (nSPS) is 32.4. The first-order chi connectivity index (χ1) is 7.97. The third-order valence-corrected chi connectivity index (χ3v) is 4.01. The van der Waals surface area contributed by atoms with Crippen molar-refractivity contribution >= 4 is 0 Å². The highest BCUT2D eigenvalue weighted by Crippen LogP contribution is 2.47. The summed E-state index contributed by atoms with van der Waals surface area (Å²) < 4.78 is 0. The fourth-order valence-corrected chi connectivity index (χ4v) is 3.51. The molecule has 1 aliphatic rings. The second-order valence-electron chi connectivity index (χ2n) is 6.25. The van der Waals surface area contributed by atoms with E-state index in [0.29, 0.717) is 6.54 Å². The van der Waals surface area contributed by atoms with E-state index in [1.165, 1.54) is 5.56 Å². The van der Waals surface area contributed by atoms with Gasteiger partial charge in [0.25, 0.3) is 0 Å². The van der Waals surface area contributed by atoms with E-state index >= 15 is 0 Å². The number of hydrogen-bond donors (Lipinski definition) is 2. The van der Waals surface area contributed by atoms with Crippen molar-refractivity contribution in [2.45, 2.75) is 44.6 Å². The highest BCUT2D eigenvalue weighted by Gasteiger charge is 2.43. The summed E-state index contributed by atoms with van der Waals surface area (Å²) in [7, 11) is 0. The Morgan fingerprint density at radius 2 is 1.88 bits per heavy atom. The maximum atomic E-state index is 10.1. The largest absolute Gasteiger partial charge is 0.393 e. The molecule has 2 heteroatoms. The second-order valence-corrected chi connectivity index (χ2v) is 6.25. The first-order valence-electron chi connectivity index (χ1n) is 6.41. The van der Waals surface area contributed by atoms with E-state index in [1.807, 2.05) is 6.07 Å². The average molecular weight is 233 g/mol. The molecule has 0 aromatic heterocycles. The summed E-state index contributed by atoms with van der Waals surface area (Å²) in [4.78, 5) is 0. The average Bonchev–Trinajstić information content (AvgIpc) is 2.27. The fourth-order valence-electron chi connectivity index (χ4n) is 3.51. The molecule has 1 aliphatic carbocycles. The molecule has 1 saturated carbocycles. The smallest absolute Gasteiger partial charge is 0.0554 e. The van der Waals surface area contributed by atoms with Crippen molar-refractivity contribution in [3.8, 4) is 0 Å². The van der Waals surface area contributed by atoms with Gasteiger partial charge in [-0.1, -0.05) is 44.2 Å². The quantitative estimate of drug-likeness (QED) is 0.824. The Morgan fingerprint density at radius 1 is 1.24 bits per heavy atom. The summed E-state index contributed by atoms with van der Waals surface area (Å²) in [6.45, 7) is 5.06. The molecule has 94 valence electrons. The minimum Gasteiger partial charge on any atom is -0.393 e. The van der Waals surface area contributed by atoms with Crippen LogP contribution >= 0.6 is 0 Å². The molecule has 0 bridgehead atoms. The first-order valence-corrected chi connectivity index (χ1v) is 6.41. The van der Waals surface area contributed by atoms with Crippen LogP contribution in [-0.2, 0) is 5.41 Å². The second kappa shape index (κ2) is 4.43. The minimum absolute atomic E-state index is 0.0531. The summed E-state index contributed by atoms with van der Waals surface area (Å²) in [5.41, 5.74) is 7.42. The summed E-state index contributed by atoms with van der Waals surface area (Å²) in [5, 5.41) is 10.1. The van der Waals surface area contributed by atoms with Gasteiger partial charge >= 0.3 is 0 Å². The van der Waals surface area contributed by atoms with Crippen molar-refractivity contribution in [3.05, 3.63) is 35.9 Å². The molecule has 0 amide bonds. The lowest BCUT2D eigenvalue weighted by Crippen LogP contribution is -2.47. The molecule has 0 saturated heterocycles. The standard InChI is InChI=1S/C15H23NO/c1-14(2)8-13(17)9-15(10-14,11-16)12-6-4-3-5-7-12/h3-7,13,17H,8-11,16H2,1-2H3. The van der Waals surface area contributed by atoms with E-state index in [9.17, 15) is 5.11 Å². The number of benzene rings is 1. The lowest BCUT2D eigenvalue weighted by atomic mass is 9.60. The van der Waals surface area contributed by atoms with Crippen LogP contribution in [0, 0.1) is 5.41 Å². The van der Waals surface area contributed by atoms with Crippen molar-refractivity contribution in [3.63, 3.8) is 0 Å². The Labute approximate surface area is 104 Å². The van der Waals surface area contributed by atoms with Gasteiger partial charge in [-0.15, -0.1) is 0 Å². The Kier molecular flexibility index (Phi) is 3.28. The molecule has 0 spiro atoms. The van der Waals surface area contributed by atoms with Gasteiger partial charge in [-0.3, -0.25) is 0 Å². The van der Waals surface area contributed by atoms with Crippen LogP contribution in [0.25, 0.3) is 0 Å². The fraction of sp³-hybridized carbons (Fsp3) is 0.600. The van der Waals surface area contributed by atoms with Crippen molar-refractivity contribution in [2.24, 2.45) is 11.1 Å². The molecule has 2 rings (SSSR count). The number of aliphatic hydroxyl groups excluding tert-OH is 1. The number of hydrogen-bond acceptors (Lipinski definition) is 2. The van der Waals surface area contributed by atoms with E-state index in [4.69, 9.17) is 5.73 Å². The molecule has 0 radical (unpaired) electrons. The highest BCUT2D eigenvalue weighted by molar-refractivity contribution is 5.27. The van der Waals surface area contributed by atoms with E-state index in [2.05, 4.69) is 38.1 Å². The van der Waals surface area contributed by atoms with Gasteiger partial charge in [0.2, 0.25) is 0 Å². The SMILES string of the molecule is CC1(C)CC(O)CC(CN)(c2ccccc2)C1. The molecule has 2 unspecified atom stereocenters. The molecule has 3 N–H and O–H groups in total. The third-order valence-electron chi connectivity index (χ3n) is 4.01. The summed E-state index contributed by atoms with van der Waals surface area (Å²) in [6.07, 6.45) is 2.48. The molecule has 0 aliphatic heterocycles. The van der Waals surface area contributed by atoms with E-state index in [-0.39, 0.29) is 16.9 Å². The van der Waals surface area contributed by atoms with Crippen molar-refractivity contribution in [1.82, 2.24) is 0 Å². The van der Waals surface area contributed by atoms with Gasteiger partial charge in [-0.05, 0) is 30.2 Å². The van der Waals surface area contributed by atoms with Crippen molar-refractivity contribution in [1.29, 1.82) is 0 Å². The highest BCUT2D eigenvalue weighted by atomic mass is 16.3. The molecule has 0 heterocycles. The maximum Gasteiger partial charge on any atom is 0.0554 e. The molecule has 2 atom stereocenters. The van der Waals surface area contributed by atoms with E-state index in [0.717, 1.165) is 19.3 Å².